The number of hydrogen-bond acceptors (Lipinski definition) is 4. The van der Waals surface area contributed by atoms with Gasteiger partial charge in [0.2, 0.25) is 10.0 Å². The Bertz CT molecular complexity index is 644. The zero-order valence-corrected chi connectivity index (χ0v) is 13.7. The molecule has 0 atom stereocenters. The highest BCUT2D eigenvalue weighted by atomic mass is 35.5. The van der Waals surface area contributed by atoms with Gasteiger partial charge < -0.3 is 4.74 Å². The van der Waals surface area contributed by atoms with E-state index in [2.05, 4.69) is 0 Å². The van der Waals surface area contributed by atoms with Gasteiger partial charge in [0.25, 0.3) is 0 Å². The van der Waals surface area contributed by atoms with Crippen molar-refractivity contribution in [1.29, 1.82) is 0 Å². The molecule has 1 aliphatic carbocycles. The van der Waals surface area contributed by atoms with Crippen LogP contribution < -0.4 is 0 Å². The van der Waals surface area contributed by atoms with E-state index in [4.69, 9.17) is 27.9 Å². The first-order valence-corrected chi connectivity index (χ1v) is 8.68. The minimum Gasteiger partial charge on any atom is -0.465 e. The third kappa shape index (κ3) is 3.88. The number of carbonyl (C=O) groups excluding carboxylic acids is 1. The quantitative estimate of drug-likeness (QED) is 0.739. The van der Waals surface area contributed by atoms with Crippen molar-refractivity contribution < 1.29 is 17.9 Å². The first-order chi connectivity index (χ1) is 9.86. The Morgan fingerprint density at radius 1 is 1.38 bits per heavy atom. The summed E-state index contributed by atoms with van der Waals surface area (Å²) in [6.45, 7) is 1.56. The third-order valence-corrected chi connectivity index (χ3v) is 5.64. The van der Waals surface area contributed by atoms with E-state index in [1.165, 1.54) is 18.2 Å². The summed E-state index contributed by atoms with van der Waals surface area (Å²) >= 11 is 11.8. The normalized spacial score (nSPS) is 15.2. The van der Waals surface area contributed by atoms with Crippen LogP contribution >= 0.6 is 23.2 Å². The van der Waals surface area contributed by atoms with Crippen LogP contribution in [-0.2, 0) is 19.6 Å². The molecule has 0 bridgehead atoms. The second-order valence-corrected chi connectivity index (χ2v) is 7.36. The van der Waals surface area contributed by atoms with Gasteiger partial charge in [0.15, 0.2) is 0 Å². The van der Waals surface area contributed by atoms with Gasteiger partial charge in [-0.15, -0.1) is 0 Å². The smallest absolute Gasteiger partial charge is 0.321 e. The zero-order valence-electron chi connectivity index (χ0n) is 11.4. The molecule has 8 heteroatoms. The minimum absolute atomic E-state index is 0.0777. The monoisotopic (exact) mass is 351 g/mol. The van der Waals surface area contributed by atoms with Gasteiger partial charge >= 0.3 is 5.97 Å². The van der Waals surface area contributed by atoms with Gasteiger partial charge in [0.1, 0.15) is 11.4 Å². The molecule has 0 N–H and O–H groups in total. The number of carbonyl (C=O) groups is 1. The molecule has 0 spiro atoms. The molecule has 0 aliphatic heterocycles. The molecular weight excluding hydrogens is 337 g/mol. The lowest BCUT2D eigenvalue weighted by molar-refractivity contribution is -0.143. The van der Waals surface area contributed by atoms with Gasteiger partial charge in [-0.2, -0.15) is 4.31 Å². The summed E-state index contributed by atoms with van der Waals surface area (Å²) in [4.78, 5) is 11.5. The Hall–Kier alpha value is -0.820. The SMILES string of the molecule is CCOC(=O)CN(C1CC1)S(=O)(=O)c1cc(Cl)ccc1Cl. The van der Waals surface area contributed by atoms with Crippen molar-refractivity contribution in [1.82, 2.24) is 4.31 Å². The predicted octanol–water partition coefficient (Wildman–Crippen LogP) is 2.71. The van der Waals surface area contributed by atoms with Crippen molar-refractivity contribution in [2.24, 2.45) is 0 Å². The van der Waals surface area contributed by atoms with Crippen LogP contribution in [0.1, 0.15) is 19.8 Å². The molecule has 116 valence electrons. The van der Waals surface area contributed by atoms with Crippen LogP contribution in [-0.4, -0.2) is 37.9 Å². The van der Waals surface area contributed by atoms with Gasteiger partial charge in [-0.05, 0) is 38.0 Å². The molecule has 0 unspecified atom stereocenters. The number of esters is 1. The van der Waals surface area contributed by atoms with Gasteiger partial charge in [0.05, 0.1) is 11.6 Å². The summed E-state index contributed by atoms with van der Waals surface area (Å²) < 4.78 is 31.4. The van der Waals surface area contributed by atoms with E-state index in [-0.39, 0.29) is 34.1 Å². The van der Waals surface area contributed by atoms with Crippen molar-refractivity contribution in [2.45, 2.75) is 30.7 Å². The van der Waals surface area contributed by atoms with Gasteiger partial charge in [-0.3, -0.25) is 4.79 Å². The van der Waals surface area contributed by atoms with E-state index in [1.807, 2.05) is 0 Å². The third-order valence-electron chi connectivity index (χ3n) is 3.02. The highest BCUT2D eigenvalue weighted by Gasteiger charge is 2.40. The summed E-state index contributed by atoms with van der Waals surface area (Å²) in [6.07, 6.45) is 1.44. The molecule has 1 aliphatic rings. The fourth-order valence-electron chi connectivity index (χ4n) is 1.91. The Balaban J connectivity index is 2.34. The van der Waals surface area contributed by atoms with Crippen LogP contribution in [0.2, 0.25) is 10.0 Å². The molecule has 0 aromatic heterocycles. The number of halogens is 2. The maximum atomic E-state index is 12.7. The van der Waals surface area contributed by atoms with Crippen LogP contribution in [0.3, 0.4) is 0 Å². The lowest BCUT2D eigenvalue weighted by Crippen LogP contribution is -2.38. The number of nitrogens with zero attached hydrogens (tertiary/aromatic N) is 1. The van der Waals surface area contributed by atoms with Crippen molar-refractivity contribution in [2.75, 3.05) is 13.2 Å². The van der Waals surface area contributed by atoms with Crippen molar-refractivity contribution in [3.63, 3.8) is 0 Å². The average molecular weight is 352 g/mol. The number of benzene rings is 1. The molecule has 0 saturated heterocycles. The number of sulfonamides is 1. The van der Waals surface area contributed by atoms with E-state index in [0.29, 0.717) is 0 Å². The molecule has 5 nitrogen and oxygen atoms in total. The average Bonchev–Trinajstić information content (AvgIpc) is 3.23. The van der Waals surface area contributed by atoms with E-state index in [0.717, 1.165) is 17.1 Å². The molecule has 1 aromatic carbocycles. The fourth-order valence-corrected chi connectivity index (χ4v) is 4.28. The van der Waals surface area contributed by atoms with Crippen LogP contribution in [0.5, 0.6) is 0 Å². The summed E-state index contributed by atoms with van der Waals surface area (Å²) in [6, 6.07) is 4.04. The molecule has 21 heavy (non-hydrogen) atoms. The van der Waals surface area contributed by atoms with Crippen LogP contribution in [0.25, 0.3) is 0 Å². The molecule has 1 aromatic rings. The highest BCUT2D eigenvalue weighted by molar-refractivity contribution is 7.89. The first-order valence-electron chi connectivity index (χ1n) is 6.48. The van der Waals surface area contributed by atoms with Gasteiger partial charge in [-0.25, -0.2) is 8.42 Å². The number of hydrogen-bond donors (Lipinski definition) is 0. The Kier molecular flexibility index (Phi) is 5.14. The number of ether oxygens (including phenoxy) is 1. The lowest BCUT2D eigenvalue weighted by Gasteiger charge is -2.21. The second-order valence-electron chi connectivity index (χ2n) is 4.66. The van der Waals surface area contributed by atoms with E-state index in [9.17, 15) is 13.2 Å². The Morgan fingerprint density at radius 2 is 2.05 bits per heavy atom. The van der Waals surface area contributed by atoms with Gasteiger partial charge in [0, 0.05) is 11.1 Å². The second kappa shape index (κ2) is 6.52. The topological polar surface area (TPSA) is 63.7 Å². The number of rotatable bonds is 6. The van der Waals surface area contributed by atoms with Crippen molar-refractivity contribution >= 4 is 39.2 Å². The van der Waals surface area contributed by atoms with Crippen LogP contribution in [0, 0.1) is 0 Å². The summed E-state index contributed by atoms with van der Waals surface area (Å²) in [5.41, 5.74) is 0. The summed E-state index contributed by atoms with van der Waals surface area (Å²) in [5.74, 6) is -0.578. The molecule has 0 heterocycles. The van der Waals surface area contributed by atoms with Crippen LogP contribution in [0.4, 0.5) is 0 Å². The molecule has 2 rings (SSSR count). The molecule has 1 saturated carbocycles. The Morgan fingerprint density at radius 3 is 2.62 bits per heavy atom. The van der Waals surface area contributed by atoms with Gasteiger partial charge in [-0.1, -0.05) is 23.2 Å². The van der Waals surface area contributed by atoms with E-state index >= 15 is 0 Å². The largest absolute Gasteiger partial charge is 0.465 e. The molecule has 0 radical (unpaired) electrons. The highest BCUT2D eigenvalue weighted by Crippen LogP contribution is 2.35. The first kappa shape index (κ1) is 16.5. The fraction of sp³-hybridized carbons (Fsp3) is 0.462. The standard InChI is InChI=1S/C13H15Cl2NO4S/c1-2-20-13(17)8-16(10-4-5-10)21(18,19)12-7-9(14)3-6-11(12)15/h3,6-7,10H,2,4-5,8H2,1H3. The molecule has 1 fully saturated rings. The molecular formula is C13H15Cl2NO4S. The van der Waals surface area contributed by atoms with Crippen molar-refractivity contribution in [3.8, 4) is 0 Å². The van der Waals surface area contributed by atoms with E-state index < -0.39 is 16.0 Å². The lowest BCUT2D eigenvalue weighted by atomic mass is 10.4. The van der Waals surface area contributed by atoms with Crippen molar-refractivity contribution in [3.05, 3.63) is 28.2 Å². The van der Waals surface area contributed by atoms with E-state index in [1.54, 1.807) is 6.92 Å². The Labute approximate surface area is 133 Å². The minimum atomic E-state index is -3.89. The zero-order chi connectivity index (χ0) is 15.6. The molecule has 0 amide bonds. The summed E-state index contributed by atoms with van der Waals surface area (Å²) in [5, 5.41) is 0.346. The maximum absolute atomic E-state index is 12.7. The summed E-state index contributed by atoms with van der Waals surface area (Å²) in [7, 11) is -3.89. The predicted molar refractivity (Wildman–Crippen MR) is 80.0 cm³/mol. The maximum Gasteiger partial charge on any atom is 0.321 e. The van der Waals surface area contributed by atoms with Crippen LogP contribution in [0.15, 0.2) is 23.1 Å².